The predicted octanol–water partition coefficient (Wildman–Crippen LogP) is 2.78. The van der Waals surface area contributed by atoms with Gasteiger partial charge in [-0.3, -0.25) is 0 Å². The van der Waals surface area contributed by atoms with Crippen LogP contribution >= 0.6 is 0 Å². The summed E-state index contributed by atoms with van der Waals surface area (Å²) in [5.74, 6) is 0.697. The van der Waals surface area contributed by atoms with Crippen LogP contribution in [0.2, 0.25) is 0 Å². The van der Waals surface area contributed by atoms with Gasteiger partial charge in [-0.25, -0.2) is 0 Å². The van der Waals surface area contributed by atoms with Crippen LogP contribution in [0.25, 0.3) is 0 Å². The molecule has 3 rings (SSSR count). The molecule has 0 amide bonds. The SMILES string of the molecule is CC(C)(C=O)C1c2ccccc2Oc2c1ccc[n+]2[O-]. The summed E-state index contributed by atoms with van der Waals surface area (Å²) in [6.07, 6.45) is 2.34. The van der Waals surface area contributed by atoms with Crippen molar-refractivity contribution >= 4 is 6.29 Å². The van der Waals surface area contributed by atoms with E-state index in [1.165, 1.54) is 6.20 Å². The zero-order chi connectivity index (χ0) is 14.3. The highest BCUT2D eigenvalue weighted by atomic mass is 16.6. The molecule has 0 saturated carbocycles. The van der Waals surface area contributed by atoms with Crippen LogP contribution in [0.1, 0.15) is 30.9 Å². The Kier molecular flexibility index (Phi) is 2.74. The van der Waals surface area contributed by atoms with Crippen molar-refractivity contribution in [3.8, 4) is 11.6 Å². The number of pyridine rings is 1. The largest absolute Gasteiger partial charge is 0.616 e. The minimum atomic E-state index is -0.622. The molecule has 102 valence electrons. The van der Waals surface area contributed by atoms with E-state index < -0.39 is 5.41 Å². The van der Waals surface area contributed by atoms with Crippen molar-refractivity contribution in [3.63, 3.8) is 0 Å². The Morgan fingerprint density at radius 2 is 1.90 bits per heavy atom. The number of benzene rings is 1. The zero-order valence-corrected chi connectivity index (χ0v) is 11.4. The number of carbonyl (C=O) groups excluding carboxylic acids is 1. The van der Waals surface area contributed by atoms with E-state index >= 15 is 0 Å². The van der Waals surface area contributed by atoms with E-state index in [9.17, 15) is 10.0 Å². The number of rotatable bonds is 2. The molecule has 2 aromatic rings. The van der Waals surface area contributed by atoms with Crippen molar-refractivity contribution in [2.75, 3.05) is 0 Å². The molecule has 0 fully saturated rings. The van der Waals surface area contributed by atoms with Gasteiger partial charge in [0, 0.05) is 23.0 Å². The maximum absolute atomic E-state index is 11.9. The van der Waals surface area contributed by atoms with Crippen LogP contribution in [0.4, 0.5) is 0 Å². The maximum atomic E-state index is 11.9. The summed E-state index contributed by atoms with van der Waals surface area (Å²) in [5.41, 5.74) is 1.06. The molecule has 1 aromatic carbocycles. The van der Waals surface area contributed by atoms with Gasteiger partial charge in [0.25, 0.3) is 0 Å². The van der Waals surface area contributed by atoms with Crippen LogP contribution in [-0.4, -0.2) is 6.29 Å². The fourth-order valence-corrected chi connectivity index (χ4v) is 2.77. The fourth-order valence-electron chi connectivity index (χ4n) is 2.77. The average molecular weight is 269 g/mol. The van der Waals surface area contributed by atoms with Crippen LogP contribution in [0.15, 0.2) is 42.6 Å². The van der Waals surface area contributed by atoms with E-state index in [2.05, 4.69) is 0 Å². The Balaban J connectivity index is 2.29. The molecule has 2 heterocycles. The molecular formula is C16H15NO3. The highest BCUT2D eigenvalue weighted by Crippen LogP contribution is 2.49. The van der Waals surface area contributed by atoms with Gasteiger partial charge in [-0.15, -0.1) is 4.73 Å². The van der Waals surface area contributed by atoms with Gasteiger partial charge in [0.2, 0.25) is 0 Å². The smallest absolute Gasteiger partial charge is 0.388 e. The van der Waals surface area contributed by atoms with Gasteiger partial charge in [0.1, 0.15) is 12.0 Å². The minimum Gasteiger partial charge on any atom is -0.616 e. The molecule has 4 heteroatoms. The fraction of sp³-hybridized carbons (Fsp3) is 0.250. The molecule has 20 heavy (non-hydrogen) atoms. The summed E-state index contributed by atoms with van der Waals surface area (Å²) in [4.78, 5) is 11.5. The van der Waals surface area contributed by atoms with Gasteiger partial charge in [-0.1, -0.05) is 32.0 Å². The summed E-state index contributed by atoms with van der Waals surface area (Å²) in [5, 5.41) is 11.9. The standard InChI is InChI=1S/C16H15NO3/c1-16(2,10-18)14-11-6-3-4-8-13(11)20-15-12(14)7-5-9-17(15)19/h3-10,14H,1-2H3. The first-order valence-electron chi connectivity index (χ1n) is 6.50. The van der Waals surface area contributed by atoms with Gasteiger partial charge >= 0.3 is 5.88 Å². The Labute approximate surface area is 117 Å². The second kappa shape index (κ2) is 4.34. The molecule has 0 N–H and O–H groups in total. The normalized spacial score (nSPS) is 16.8. The minimum absolute atomic E-state index is 0.193. The van der Waals surface area contributed by atoms with E-state index in [1.807, 2.05) is 44.2 Å². The van der Waals surface area contributed by atoms with E-state index in [-0.39, 0.29) is 11.8 Å². The maximum Gasteiger partial charge on any atom is 0.388 e. The monoisotopic (exact) mass is 269 g/mol. The van der Waals surface area contributed by atoms with Gasteiger partial charge in [0.15, 0.2) is 6.20 Å². The molecule has 0 aliphatic carbocycles. The Bertz CT molecular complexity index is 679. The number of hydrogen-bond donors (Lipinski definition) is 0. The lowest BCUT2D eigenvalue weighted by Gasteiger charge is -2.34. The van der Waals surface area contributed by atoms with Crippen LogP contribution in [0.5, 0.6) is 11.6 Å². The zero-order valence-electron chi connectivity index (χ0n) is 11.4. The summed E-state index contributed by atoms with van der Waals surface area (Å²) < 4.78 is 6.42. The number of fused-ring (bicyclic) bond motifs is 2. The first-order valence-corrected chi connectivity index (χ1v) is 6.50. The van der Waals surface area contributed by atoms with Crippen molar-refractivity contribution in [2.24, 2.45) is 5.41 Å². The lowest BCUT2D eigenvalue weighted by atomic mass is 9.71. The van der Waals surface area contributed by atoms with Crippen molar-refractivity contribution < 1.29 is 14.3 Å². The van der Waals surface area contributed by atoms with Crippen LogP contribution in [0.3, 0.4) is 0 Å². The lowest BCUT2D eigenvalue weighted by molar-refractivity contribution is -0.612. The molecular weight excluding hydrogens is 254 g/mol. The number of ether oxygens (including phenoxy) is 1. The first-order chi connectivity index (χ1) is 9.54. The van der Waals surface area contributed by atoms with Crippen LogP contribution in [0, 0.1) is 10.6 Å². The molecule has 1 atom stereocenters. The number of hydrogen-bond acceptors (Lipinski definition) is 3. The second-order valence-electron chi connectivity index (χ2n) is 5.61. The molecule has 4 nitrogen and oxygen atoms in total. The lowest BCUT2D eigenvalue weighted by Crippen LogP contribution is -2.35. The number of para-hydroxylation sites is 1. The quantitative estimate of drug-likeness (QED) is 0.478. The highest BCUT2D eigenvalue weighted by molar-refractivity contribution is 5.65. The van der Waals surface area contributed by atoms with Crippen molar-refractivity contribution in [1.82, 2.24) is 0 Å². The van der Waals surface area contributed by atoms with E-state index in [4.69, 9.17) is 4.74 Å². The van der Waals surface area contributed by atoms with Crippen molar-refractivity contribution in [2.45, 2.75) is 19.8 Å². The van der Waals surface area contributed by atoms with E-state index in [0.717, 1.165) is 17.4 Å². The molecule has 1 unspecified atom stereocenters. The van der Waals surface area contributed by atoms with E-state index in [1.54, 1.807) is 6.07 Å². The summed E-state index contributed by atoms with van der Waals surface area (Å²) >= 11 is 0. The number of nitrogens with zero attached hydrogens (tertiary/aromatic N) is 1. The Morgan fingerprint density at radius 3 is 2.65 bits per heavy atom. The summed E-state index contributed by atoms with van der Waals surface area (Å²) in [7, 11) is 0. The molecule has 0 radical (unpaired) electrons. The van der Waals surface area contributed by atoms with Gasteiger partial charge < -0.3 is 14.7 Å². The van der Waals surface area contributed by atoms with Crippen LogP contribution in [-0.2, 0) is 4.79 Å². The molecule has 1 aliphatic rings. The third kappa shape index (κ3) is 1.76. The second-order valence-corrected chi connectivity index (χ2v) is 5.61. The van der Waals surface area contributed by atoms with E-state index in [0.29, 0.717) is 10.5 Å². The Morgan fingerprint density at radius 1 is 1.20 bits per heavy atom. The highest BCUT2D eigenvalue weighted by Gasteiger charge is 2.41. The number of aldehydes is 1. The summed E-state index contributed by atoms with van der Waals surface area (Å²) in [6.45, 7) is 3.75. The molecule has 0 spiro atoms. The predicted molar refractivity (Wildman–Crippen MR) is 73.6 cm³/mol. The average Bonchev–Trinajstić information content (AvgIpc) is 2.45. The van der Waals surface area contributed by atoms with Crippen LogP contribution < -0.4 is 9.47 Å². The first kappa shape index (κ1) is 12.7. The topological polar surface area (TPSA) is 53.2 Å². The molecule has 1 aromatic heterocycles. The third-order valence-corrected chi connectivity index (χ3v) is 3.74. The summed E-state index contributed by atoms with van der Waals surface area (Å²) in [6, 6.07) is 11.0. The third-order valence-electron chi connectivity index (χ3n) is 3.74. The molecule has 0 bridgehead atoms. The Hall–Kier alpha value is -2.36. The molecule has 1 aliphatic heterocycles. The molecule has 0 saturated heterocycles. The van der Waals surface area contributed by atoms with Gasteiger partial charge in [-0.2, -0.15) is 0 Å². The van der Waals surface area contributed by atoms with Gasteiger partial charge in [0.05, 0.1) is 5.56 Å². The number of aromatic nitrogens is 1. The number of carbonyl (C=O) groups is 1. The van der Waals surface area contributed by atoms with Crippen molar-refractivity contribution in [3.05, 3.63) is 58.9 Å². The van der Waals surface area contributed by atoms with Crippen molar-refractivity contribution in [1.29, 1.82) is 0 Å². The van der Waals surface area contributed by atoms with Gasteiger partial charge in [-0.05, 0) is 12.1 Å².